The molecule has 0 aliphatic rings. The predicted molar refractivity (Wildman–Crippen MR) is 61.4 cm³/mol. The summed E-state index contributed by atoms with van der Waals surface area (Å²) in [6.07, 6.45) is -2.46. The Morgan fingerprint density at radius 2 is 1.82 bits per heavy atom. The highest BCUT2D eigenvalue weighted by molar-refractivity contribution is 5.29. The summed E-state index contributed by atoms with van der Waals surface area (Å²) in [4.78, 5) is 0. The highest BCUT2D eigenvalue weighted by Crippen LogP contribution is 2.16. The van der Waals surface area contributed by atoms with Gasteiger partial charge in [0, 0.05) is 0 Å². The van der Waals surface area contributed by atoms with Gasteiger partial charge in [0.05, 0.1) is 19.3 Å². The fourth-order valence-electron chi connectivity index (χ4n) is 1.36. The van der Waals surface area contributed by atoms with Crippen molar-refractivity contribution in [3.8, 4) is 5.75 Å². The molecule has 17 heavy (non-hydrogen) atoms. The smallest absolute Gasteiger partial charge is 0.261 e. The first-order valence-corrected chi connectivity index (χ1v) is 5.47. The SMILES string of the molecule is CCOc1ccc(C(N)COCC(F)F)cc1. The standard InChI is InChI=1S/C12H17F2NO2/c1-2-17-10-5-3-9(4-6-10)11(15)7-16-8-12(13)14/h3-6,11-12H,2,7-8,15H2,1H3. The fourth-order valence-corrected chi connectivity index (χ4v) is 1.36. The molecule has 1 rings (SSSR count). The van der Waals surface area contributed by atoms with Crippen molar-refractivity contribution in [3.63, 3.8) is 0 Å². The lowest BCUT2D eigenvalue weighted by Crippen LogP contribution is -2.19. The second-order valence-corrected chi connectivity index (χ2v) is 3.54. The van der Waals surface area contributed by atoms with Crippen molar-refractivity contribution in [3.05, 3.63) is 29.8 Å². The molecular formula is C12H17F2NO2. The summed E-state index contributed by atoms with van der Waals surface area (Å²) < 4.78 is 33.8. The first kappa shape index (κ1) is 13.9. The molecule has 0 aliphatic carbocycles. The molecule has 0 radical (unpaired) electrons. The van der Waals surface area contributed by atoms with Crippen molar-refractivity contribution in [2.45, 2.75) is 19.4 Å². The molecule has 1 atom stereocenters. The lowest BCUT2D eigenvalue weighted by Gasteiger charge is -2.13. The van der Waals surface area contributed by atoms with E-state index in [-0.39, 0.29) is 6.61 Å². The van der Waals surface area contributed by atoms with Crippen LogP contribution in [-0.4, -0.2) is 26.2 Å². The van der Waals surface area contributed by atoms with E-state index in [1.165, 1.54) is 0 Å². The minimum atomic E-state index is -2.46. The van der Waals surface area contributed by atoms with Gasteiger partial charge in [0.2, 0.25) is 0 Å². The highest BCUT2D eigenvalue weighted by Gasteiger charge is 2.08. The van der Waals surface area contributed by atoms with Crippen LogP contribution in [0.2, 0.25) is 0 Å². The Morgan fingerprint density at radius 1 is 1.18 bits per heavy atom. The molecule has 0 saturated heterocycles. The summed E-state index contributed by atoms with van der Waals surface area (Å²) in [6.45, 7) is 2.00. The maximum absolute atomic E-state index is 11.8. The molecule has 0 bridgehead atoms. The molecule has 0 fully saturated rings. The summed E-state index contributed by atoms with van der Waals surface area (Å²) in [7, 11) is 0. The fraction of sp³-hybridized carbons (Fsp3) is 0.500. The van der Waals surface area contributed by atoms with E-state index in [0.717, 1.165) is 11.3 Å². The van der Waals surface area contributed by atoms with Crippen molar-refractivity contribution in [1.29, 1.82) is 0 Å². The van der Waals surface area contributed by atoms with Crippen molar-refractivity contribution < 1.29 is 18.3 Å². The number of ether oxygens (including phenoxy) is 2. The Hall–Kier alpha value is -1.20. The van der Waals surface area contributed by atoms with Gasteiger partial charge in [-0.15, -0.1) is 0 Å². The molecule has 0 amide bonds. The third-order valence-corrected chi connectivity index (χ3v) is 2.16. The van der Waals surface area contributed by atoms with Gasteiger partial charge in [-0.2, -0.15) is 0 Å². The number of nitrogens with two attached hydrogens (primary N) is 1. The van der Waals surface area contributed by atoms with Gasteiger partial charge in [-0.25, -0.2) is 8.78 Å². The number of alkyl halides is 2. The molecule has 3 nitrogen and oxygen atoms in total. The van der Waals surface area contributed by atoms with Crippen LogP contribution in [0.15, 0.2) is 24.3 Å². The van der Waals surface area contributed by atoms with Crippen LogP contribution in [0, 0.1) is 0 Å². The molecule has 0 heterocycles. The maximum atomic E-state index is 11.8. The van der Waals surface area contributed by atoms with Crippen molar-refractivity contribution in [1.82, 2.24) is 0 Å². The number of hydrogen-bond donors (Lipinski definition) is 1. The van der Waals surface area contributed by atoms with E-state index < -0.39 is 19.1 Å². The molecule has 1 aromatic rings. The van der Waals surface area contributed by atoms with E-state index in [4.69, 9.17) is 15.2 Å². The predicted octanol–water partition coefficient (Wildman–Crippen LogP) is 2.37. The monoisotopic (exact) mass is 245 g/mol. The number of benzene rings is 1. The van der Waals surface area contributed by atoms with Crippen LogP contribution < -0.4 is 10.5 Å². The Bertz CT molecular complexity index is 317. The third kappa shape index (κ3) is 5.10. The Balaban J connectivity index is 2.43. The van der Waals surface area contributed by atoms with E-state index in [1.54, 1.807) is 24.3 Å². The van der Waals surface area contributed by atoms with Gasteiger partial charge in [0.15, 0.2) is 0 Å². The first-order valence-electron chi connectivity index (χ1n) is 5.47. The quantitative estimate of drug-likeness (QED) is 0.802. The summed E-state index contributed by atoms with van der Waals surface area (Å²) >= 11 is 0. The molecule has 1 unspecified atom stereocenters. The van der Waals surface area contributed by atoms with Gasteiger partial charge in [-0.3, -0.25) is 0 Å². The summed E-state index contributed by atoms with van der Waals surface area (Å²) in [5, 5.41) is 0. The molecular weight excluding hydrogens is 228 g/mol. The first-order chi connectivity index (χ1) is 8.13. The lowest BCUT2D eigenvalue weighted by molar-refractivity contribution is 0.0125. The van der Waals surface area contributed by atoms with Crippen LogP contribution in [-0.2, 0) is 4.74 Å². The van der Waals surface area contributed by atoms with Crippen molar-refractivity contribution in [2.75, 3.05) is 19.8 Å². The molecule has 96 valence electrons. The number of halogens is 2. The molecule has 0 aromatic heterocycles. The Kier molecular flexibility index (Phi) is 5.86. The van der Waals surface area contributed by atoms with Crippen LogP contribution in [0.3, 0.4) is 0 Å². The molecule has 0 aliphatic heterocycles. The number of rotatable bonds is 7. The average Bonchev–Trinajstić information content (AvgIpc) is 2.30. The Labute approximate surface area is 99.5 Å². The minimum Gasteiger partial charge on any atom is -0.494 e. The van der Waals surface area contributed by atoms with E-state index in [9.17, 15) is 8.78 Å². The van der Waals surface area contributed by atoms with Gasteiger partial charge in [0.25, 0.3) is 6.43 Å². The van der Waals surface area contributed by atoms with E-state index >= 15 is 0 Å². The molecule has 5 heteroatoms. The van der Waals surface area contributed by atoms with Gasteiger partial charge in [0.1, 0.15) is 12.4 Å². The zero-order valence-corrected chi connectivity index (χ0v) is 9.74. The van der Waals surface area contributed by atoms with Crippen molar-refractivity contribution in [2.24, 2.45) is 5.73 Å². The summed E-state index contributed by atoms with van der Waals surface area (Å²) in [5.41, 5.74) is 6.63. The normalized spacial score (nSPS) is 12.8. The minimum absolute atomic E-state index is 0.0817. The van der Waals surface area contributed by atoms with E-state index in [0.29, 0.717) is 6.61 Å². The Morgan fingerprint density at radius 3 is 2.35 bits per heavy atom. The zero-order valence-electron chi connectivity index (χ0n) is 9.74. The molecule has 0 saturated carbocycles. The summed E-state index contributed by atoms with van der Waals surface area (Å²) in [5.74, 6) is 0.761. The van der Waals surface area contributed by atoms with Crippen LogP contribution in [0.4, 0.5) is 8.78 Å². The topological polar surface area (TPSA) is 44.5 Å². The van der Waals surface area contributed by atoms with Crippen LogP contribution >= 0.6 is 0 Å². The van der Waals surface area contributed by atoms with Crippen molar-refractivity contribution >= 4 is 0 Å². The lowest BCUT2D eigenvalue weighted by atomic mass is 10.1. The van der Waals surface area contributed by atoms with Gasteiger partial charge in [-0.05, 0) is 24.6 Å². The second-order valence-electron chi connectivity index (χ2n) is 3.54. The van der Waals surface area contributed by atoms with Gasteiger partial charge >= 0.3 is 0 Å². The molecule has 0 spiro atoms. The molecule has 2 N–H and O–H groups in total. The maximum Gasteiger partial charge on any atom is 0.261 e. The zero-order chi connectivity index (χ0) is 12.7. The van der Waals surface area contributed by atoms with Gasteiger partial charge < -0.3 is 15.2 Å². The van der Waals surface area contributed by atoms with E-state index in [2.05, 4.69) is 0 Å². The van der Waals surface area contributed by atoms with Gasteiger partial charge in [-0.1, -0.05) is 12.1 Å². The summed E-state index contributed by atoms with van der Waals surface area (Å²) in [6, 6.07) is 6.81. The van der Waals surface area contributed by atoms with Crippen LogP contribution in [0.1, 0.15) is 18.5 Å². The average molecular weight is 245 g/mol. The highest BCUT2D eigenvalue weighted by atomic mass is 19.3. The van der Waals surface area contributed by atoms with E-state index in [1.807, 2.05) is 6.92 Å². The largest absolute Gasteiger partial charge is 0.494 e. The second kappa shape index (κ2) is 7.19. The van der Waals surface area contributed by atoms with Crippen LogP contribution in [0.25, 0.3) is 0 Å². The third-order valence-electron chi connectivity index (χ3n) is 2.16. The van der Waals surface area contributed by atoms with Crippen LogP contribution in [0.5, 0.6) is 5.75 Å². The number of hydrogen-bond acceptors (Lipinski definition) is 3. The molecule has 1 aromatic carbocycles.